The number of ketones is 1. The van der Waals surface area contributed by atoms with Gasteiger partial charge < -0.3 is 10.2 Å². The van der Waals surface area contributed by atoms with E-state index in [1.54, 1.807) is 18.2 Å². The number of hydrogen-bond acceptors (Lipinski definition) is 4. The monoisotopic (exact) mass is 375 g/mol. The molecule has 0 aromatic heterocycles. The number of rotatable bonds is 5. The van der Waals surface area contributed by atoms with Crippen molar-refractivity contribution in [1.29, 1.82) is 0 Å². The van der Waals surface area contributed by atoms with E-state index in [0.717, 1.165) is 23.5 Å². The molecule has 0 fully saturated rings. The Bertz CT molecular complexity index is 956. The number of nitrogens with one attached hydrogen (secondary N) is 1. The second kappa shape index (κ2) is 8.21. The van der Waals surface area contributed by atoms with Gasteiger partial charge in [0.05, 0.1) is 17.0 Å². The number of fused-ring (bicyclic) bond motifs is 1. The lowest BCUT2D eigenvalue weighted by molar-refractivity contribution is -0.116. The first-order chi connectivity index (χ1) is 13.5. The standard InChI is InChI=1S/C23H25N3O2/c1-5-26(15(2)3)17-12-10-16(11-13-17)25-21-14-20(23(28)24-4)22(27)19-9-7-6-8-18(19)21/h6-15H,5H2,1-4H3,(H,24,28). The summed E-state index contributed by atoms with van der Waals surface area (Å²) in [6.45, 7) is 7.39. The van der Waals surface area contributed by atoms with Crippen molar-refractivity contribution < 1.29 is 9.59 Å². The molecule has 1 aliphatic rings. The number of carbonyl (C=O) groups is 2. The number of benzene rings is 2. The lowest BCUT2D eigenvalue weighted by Gasteiger charge is -2.27. The van der Waals surface area contributed by atoms with Crippen molar-refractivity contribution in [3.8, 4) is 0 Å². The molecule has 0 atom stereocenters. The largest absolute Gasteiger partial charge is 0.369 e. The Kier molecular flexibility index (Phi) is 5.73. The molecule has 1 aliphatic carbocycles. The minimum atomic E-state index is -0.405. The predicted molar refractivity (Wildman–Crippen MR) is 114 cm³/mol. The van der Waals surface area contributed by atoms with E-state index in [-0.39, 0.29) is 11.4 Å². The second-order valence-electron chi connectivity index (χ2n) is 6.91. The smallest absolute Gasteiger partial charge is 0.255 e. The first-order valence-corrected chi connectivity index (χ1v) is 9.49. The van der Waals surface area contributed by atoms with Crippen LogP contribution < -0.4 is 10.2 Å². The van der Waals surface area contributed by atoms with Gasteiger partial charge in [0.25, 0.3) is 5.91 Å². The molecule has 0 heterocycles. The molecule has 0 spiro atoms. The molecular formula is C23H25N3O2. The molecular weight excluding hydrogens is 350 g/mol. The van der Waals surface area contributed by atoms with Crippen molar-refractivity contribution >= 4 is 28.8 Å². The quantitative estimate of drug-likeness (QED) is 0.806. The maximum atomic E-state index is 12.6. The minimum absolute atomic E-state index is 0.105. The van der Waals surface area contributed by atoms with Gasteiger partial charge in [-0.1, -0.05) is 24.3 Å². The number of nitrogens with zero attached hydrogens (tertiary/aromatic N) is 2. The highest BCUT2D eigenvalue weighted by molar-refractivity contribution is 6.35. The minimum Gasteiger partial charge on any atom is -0.369 e. The number of likely N-dealkylation sites (N-methyl/N-ethyl adjacent to an activating group) is 1. The van der Waals surface area contributed by atoms with Crippen LogP contribution in [0, 0.1) is 0 Å². The van der Waals surface area contributed by atoms with Gasteiger partial charge in [0.15, 0.2) is 5.78 Å². The molecule has 3 rings (SSSR count). The molecule has 2 aromatic carbocycles. The van der Waals surface area contributed by atoms with Crippen LogP contribution in [0.15, 0.2) is 65.2 Å². The van der Waals surface area contributed by atoms with Gasteiger partial charge in [-0.05, 0) is 51.1 Å². The molecule has 0 saturated carbocycles. The van der Waals surface area contributed by atoms with Crippen molar-refractivity contribution in [2.45, 2.75) is 26.8 Å². The van der Waals surface area contributed by atoms with Gasteiger partial charge in [-0.3, -0.25) is 9.59 Å². The zero-order valence-corrected chi connectivity index (χ0v) is 16.7. The number of hydrogen-bond donors (Lipinski definition) is 1. The van der Waals surface area contributed by atoms with Crippen molar-refractivity contribution in [2.75, 3.05) is 18.5 Å². The van der Waals surface area contributed by atoms with Crippen molar-refractivity contribution in [3.05, 3.63) is 71.3 Å². The Morgan fingerprint density at radius 1 is 1.07 bits per heavy atom. The van der Waals surface area contributed by atoms with Crippen molar-refractivity contribution in [2.24, 2.45) is 4.99 Å². The number of aliphatic imine (C=N–C) groups is 1. The fourth-order valence-electron chi connectivity index (χ4n) is 3.43. The number of allylic oxidation sites excluding steroid dienone is 1. The molecule has 0 unspecified atom stereocenters. The van der Waals surface area contributed by atoms with Crippen LogP contribution in [0.3, 0.4) is 0 Å². The van der Waals surface area contributed by atoms with Crippen LogP contribution in [0.25, 0.3) is 0 Å². The summed E-state index contributed by atoms with van der Waals surface area (Å²) in [6.07, 6.45) is 1.57. The van der Waals surface area contributed by atoms with Gasteiger partial charge in [-0.25, -0.2) is 4.99 Å². The van der Waals surface area contributed by atoms with Crippen LogP contribution in [0.5, 0.6) is 0 Å². The van der Waals surface area contributed by atoms with Crippen LogP contribution in [0.1, 0.15) is 36.7 Å². The third-order valence-electron chi connectivity index (χ3n) is 4.84. The average molecular weight is 375 g/mol. The lowest BCUT2D eigenvalue weighted by atomic mass is 9.88. The van der Waals surface area contributed by atoms with E-state index in [0.29, 0.717) is 17.3 Å². The van der Waals surface area contributed by atoms with E-state index in [4.69, 9.17) is 4.99 Å². The fraction of sp³-hybridized carbons (Fsp3) is 0.261. The second-order valence-corrected chi connectivity index (χ2v) is 6.91. The molecule has 28 heavy (non-hydrogen) atoms. The molecule has 0 bridgehead atoms. The highest BCUT2D eigenvalue weighted by Gasteiger charge is 2.27. The lowest BCUT2D eigenvalue weighted by Crippen LogP contribution is -2.30. The summed E-state index contributed by atoms with van der Waals surface area (Å²) in [5.41, 5.74) is 3.86. The Balaban J connectivity index is 2.03. The van der Waals surface area contributed by atoms with Gasteiger partial charge >= 0.3 is 0 Å². The molecule has 1 amide bonds. The summed E-state index contributed by atoms with van der Waals surface area (Å²) >= 11 is 0. The SMILES string of the molecule is CCN(c1ccc(N=C2C=C(C(=O)NC)C(=O)c3ccccc32)cc1)C(C)C. The summed E-state index contributed by atoms with van der Waals surface area (Å²) in [5.74, 6) is -0.683. The van der Waals surface area contributed by atoms with Crippen LogP contribution >= 0.6 is 0 Å². The molecule has 0 radical (unpaired) electrons. The summed E-state index contributed by atoms with van der Waals surface area (Å²) in [6, 6.07) is 15.7. The first-order valence-electron chi connectivity index (χ1n) is 9.49. The summed E-state index contributed by atoms with van der Waals surface area (Å²) < 4.78 is 0. The highest BCUT2D eigenvalue weighted by Crippen LogP contribution is 2.26. The van der Waals surface area contributed by atoms with E-state index in [1.807, 2.05) is 36.4 Å². The fourth-order valence-corrected chi connectivity index (χ4v) is 3.43. The average Bonchev–Trinajstić information content (AvgIpc) is 2.71. The zero-order valence-electron chi connectivity index (χ0n) is 16.7. The van der Waals surface area contributed by atoms with Gasteiger partial charge in [0, 0.05) is 36.4 Å². The number of anilines is 1. The van der Waals surface area contributed by atoms with E-state index in [2.05, 4.69) is 31.0 Å². The molecule has 5 nitrogen and oxygen atoms in total. The molecule has 144 valence electrons. The van der Waals surface area contributed by atoms with Gasteiger partial charge in [-0.2, -0.15) is 0 Å². The van der Waals surface area contributed by atoms with E-state index in [9.17, 15) is 9.59 Å². The molecule has 1 N–H and O–H groups in total. The highest BCUT2D eigenvalue weighted by atomic mass is 16.2. The van der Waals surface area contributed by atoms with Crippen molar-refractivity contribution in [3.63, 3.8) is 0 Å². The molecule has 2 aromatic rings. The van der Waals surface area contributed by atoms with Gasteiger partial charge in [0.1, 0.15) is 0 Å². The zero-order chi connectivity index (χ0) is 20.3. The van der Waals surface area contributed by atoms with Gasteiger partial charge in [0.2, 0.25) is 0 Å². The topological polar surface area (TPSA) is 61.8 Å². The number of amides is 1. The Labute approximate surface area is 165 Å². The van der Waals surface area contributed by atoms with Crippen LogP contribution in [-0.4, -0.2) is 37.0 Å². The Morgan fingerprint density at radius 3 is 2.29 bits per heavy atom. The van der Waals surface area contributed by atoms with E-state index < -0.39 is 5.91 Å². The van der Waals surface area contributed by atoms with Crippen LogP contribution in [0.4, 0.5) is 11.4 Å². The third kappa shape index (κ3) is 3.74. The Morgan fingerprint density at radius 2 is 1.71 bits per heavy atom. The number of Topliss-reactive ketones (excluding diaryl/α,β-unsaturated/α-hetero) is 1. The Hall–Kier alpha value is -3.21. The predicted octanol–water partition coefficient (Wildman–Crippen LogP) is 3.91. The van der Waals surface area contributed by atoms with E-state index >= 15 is 0 Å². The molecule has 5 heteroatoms. The van der Waals surface area contributed by atoms with E-state index in [1.165, 1.54) is 7.05 Å². The maximum Gasteiger partial charge on any atom is 0.255 e. The first kappa shape index (κ1) is 19.5. The third-order valence-corrected chi connectivity index (χ3v) is 4.84. The summed E-state index contributed by atoms with van der Waals surface area (Å²) in [4.78, 5) is 31.8. The number of carbonyl (C=O) groups excluding carboxylic acids is 2. The van der Waals surface area contributed by atoms with Crippen molar-refractivity contribution in [1.82, 2.24) is 5.32 Å². The van der Waals surface area contributed by atoms with Crippen LogP contribution in [-0.2, 0) is 4.79 Å². The van der Waals surface area contributed by atoms with Gasteiger partial charge in [-0.15, -0.1) is 0 Å². The normalized spacial score (nSPS) is 14.7. The molecule has 0 aliphatic heterocycles. The summed E-state index contributed by atoms with van der Waals surface area (Å²) in [7, 11) is 1.51. The summed E-state index contributed by atoms with van der Waals surface area (Å²) in [5, 5.41) is 2.53. The van der Waals surface area contributed by atoms with Crippen LogP contribution in [0.2, 0.25) is 0 Å². The maximum absolute atomic E-state index is 12.6. The molecule has 0 saturated heterocycles.